The average molecular weight is 324 g/mol. The van der Waals surface area contributed by atoms with Crippen LogP contribution in [-0.4, -0.2) is 30.6 Å². The van der Waals surface area contributed by atoms with Gasteiger partial charge in [0, 0.05) is 22.0 Å². The lowest BCUT2D eigenvalue weighted by Gasteiger charge is -2.23. The third-order valence-corrected chi connectivity index (χ3v) is 4.23. The lowest BCUT2D eigenvalue weighted by molar-refractivity contribution is 0.143. The van der Waals surface area contributed by atoms with E-state index in [0.29, 0.717) is 0 Å². The molecule has 1 unspecified atom stereocenters. The molecule has 2 rings (SSSR count). The van der Waals surface area contributed by atoms with Crippen molar-refractivity contribution in [3.63, 3.8) is 0 Å². The third kappa shape index (κ3) is 3.88. The van der Waals surface area contributed by atoms with Crippen LogP contribution in [0.5, 0.6) is 0 Å². The largest absolute Gasteiger partial charge is 0.376 e. The van der Waals surface area contributed by atoms with Crippen molar-refractivity contribution in [1.82, 2.24) is 9.29 Å². The average Bonchev–Trinajstić information content (AvgIpc) is 2.64. The second-order valence-electron chi connectivity index (χ2n) is 6.86. The fourth-order valence-electron chi connectivity index (χ4n) is 2.67. The van der Waals surface area contributed by atoms with E-state index in [9.17, 15) is 13.5 Å². The summed E-state index contributed by atoms with van der Waals surface area (Å²) >= 11 is 0. The van der Waals surface area contributed by atoms with Crippen molar-refractivity contribution in [1.29, 1.82) is 0 Å². The maximum absolute atomic E-state index is 11.3. The van der Waals surface area contributed by atoms with Crippen LogP contribution in [0.2, 0.25) is 0 Å². The molecule has 6 heteroatoms. The molecule has 0 saturated carbocycles. The van der Waals surface area contributed by atoms with Gasteiger partial charge in [0.1, 0.15) is 6.23 Å². The van der Waals surface area contributed by atoms with E-state index in [-0.39, 0.29) is 12.0 Å². The molecular formula is C16H24N2O3S. The molecule has 0 aliphatic heterocycles. The van der Waals surface area contributed by atoms with Crippen molar-refractivity contribution in [3.05, 3.63) is 35.5 Å². The van der Waals surface area contributed by atoms with Crippen LogP contribution in [0.4, 0.5) is 0 Å². The maximum atomic E-state index is 11.3. The molecule has 0 aliphatic rings. The Labute approximate surface area is 132 Å². The number of nitrogens with one attached hydrogen (secondary N) is 1. The van der Waals surface area contributed by atoms with E-state index in [4.69, 9.17) is 0 Å². The van der Waals surface area contributed by atoms with Gasteiger partial charge in [0.2, 0.25) is 10.0 Å². The summed E-state index contributed by atoms with van der Waals surface area (Å²) in [7, 11) is -3.45. The van der Waals surface area contributed by atoms with Crippen LogP contribution in [0.1, 0.15) is 32.0 Å². The van der Waals surface area contributed by atoms with Gasteiger partial charge in [-0.05, 0) is 25.1 Å². The zero-order valence-electron chi connectivity index (χ0n) is 13.7. The molecule has 0 aliphatic carbocycles. The molecule has 0 bridgehead atoms. The van der Waals surface area contributed by atoms with Crippen LogP contribution < -0.4 is 4.72 Å². The number of benzene rings is 1. The Balaban J connectivity index is 2.50. The summed E-state index contributed by atoms with van der Waals surface area (Å²) in [6.07, 6.45) is -0.120. The highest BCUT2D eigenvalue weighted by Crippen LogP contribution is 2.30. The minimum atomic E-state index is -3.45. The Hall–Kier alpha value is -1.37. The first-order valence-corrected chi connectivity index (χ1v) is 9.12. The molecule has 122 valence electrons. The van der Waals surface area contributed by atoms with Gasteiger partial charge in [-0.2, -0.15) is 4.72 Å². The summed E-state index contributed by atoms with van der Waals surface area (Å²) in [5, 5.41) is 11.1. The highest BCUT2D eigenvalue weighted by atomic mass is 32.2. The van der Waals surface area contributed by atoms with Crippen molar-refractivity contribution < 1.29 is 13.5 Å². The second-order valence-corrected chi connectivity index (χ2v) is 8.64. The van der Waals surface area contributed by atoms with Gasteiger partial charge in [0.05, 0.1) is 12.8 Å². The Morgan fingerprint density at radius 1 is 1.27 bits per heavy atom. The molecule has 0 radical (unpaired) electrons. The lowest BCUT2D eigenvalue weighted by Crippen LogP contribution is -2.37. The number of fused-ring (bicyclic) bond motifs is 1. The van der Waals surface area contributed by atoms with Crippen molar-refractivity contribution in [2.24, 2.45) is 0 Å². The fraction of sp³-hybridized carbons (Fsp3) is 0.500. The van der Waals surface area contributed by atoms with E-state index in [1.54, 1.807) is 0 Å². The number of aliphatic hydroxyl groups excluding tert-OH is 1. The molecular weight excluding hydrogens is 300 g/mol. The van der Waals surface area contributed by atoms with Crippen molar-refractivity contribution in [2.45, 2.75) is 45.9 Å². The topological polar surface area (TPSA) is 71.3 Å². The standard InChI is InChI=1S/C16H24N2O3S/c1-11-6-7-13-12(8-11)9-14(16(2,3)4)18(13)10-15(19)17-22(5,20)21/h6-9,15,17,19H,10H2,1-5H3. The summed E-state index contributed by atoms with van der Waals surface area (Å²) in [6.45, 7) is 8.50. The van der Waals surface area contributed by atoms with Crippen molar-refractivity contribution in [2.75, 3.05) is 6.26 Å². The predicted octanol–water partition coefficient (Wildman–Crippen LogP) is 2.11. The molecule has 22 heavy (non-hydrogen) atoms. The SMILES string of the molecule is Cc1ccc2c(c1)cc(C(C)(C)C)n2CC(O)NS(C)(=O)=O. The highest BCUT2D eigenvalue weighted by Gasteiger charge is 2.23. The Morgan fingerprint density at radius 3 is 2.45 bits per heavy atom. The quantitative estimate of drug-likeness (QED) is 0.846. The van der Waals surface area contributed by atoms with Crippen LogP contribution in [0.3, 0.4) is 0 Å². The van der Waals surface area contributed by atoms with Crippen LogP contribution in [0.15, 0.2) is 24.3 Å². The van der Waals surface area contributed by atoms with Crippen LogP contribution >= 0.6 is 0 Å². The maximum Gasteiger partial charge on any atom is 0.210 e. The molecule has 5 nitrogen and oxygen atoms in total. The van der Waals surface area contributed by atoms with E-state index in [1.165, 1.54) is 5.56 Å². The lowest BCUT2D eigenvalue weighted by atomic mass is 9.92. The molecule has 0 fully saturated rings. The molecule has 0 amide bonds. The molecule has 2 aromatic rings. The minimum absolute atomic E-state index is 0.113. The van der Waals surface area contributed by atoms with Crippen LogP contribution in [-0.2, 0) is 22.0 Å². The molecule has 1 aromatic carbocycles. The van der Waals surface area contributed by atoms with Gasteiger partial charge in [-0.3, -0.25) is 0 Å². The molecule has 1 heterocycles. The number of hydrogen-bond donors (Lipinski definition) is 2. The monoisotopic (exact) mass is 324 g/mol. The first-order valence-electron chi connectivity index (χ1n) is 7.23. The normalized spacial score (nSPS) is 14.5. The zero-order valence-corrected chi connectivity index (χ0v) is 14.5. The van der Waals surface area contributed by atoms with E-state index >= 15 is 0 Å². The number of aryl methyl sites for hydroxylation is 1. The number of rotatable bonds is 4. The van der Waals surface area contributed by atoms with Gasteiger partial charge >= 0.3 is 0 Å². The van der Waals surface area contributed by atoms with Crippen LogP contribution in [0, 0.1) is 6.92 Å². The fourth-order valence-corrected chi connectivity index (χ4v) is 3.23. The third-order valence-electron chi connectivity index (χ3n) is 3.53. The highest BCUT2D eigenvalue weighted by molar-refractivity contribution is 7.88. The van der Waals surface area contributed by atoms with E-state index in [2.05, 4.69) is 37.6 Å². The van der Waals surface area contributed by atoms with Gasteiger partial charge in [0.15, 0.2) is 0 Å². The Morgan fingerprint density at radius 2 is 1.91 bits per heavy atom. The van der Waals surface area contributed by atoms with Gasteiger partial charge < -0.3 is 9.67 Å². The number of aromatic nitrogens is 1. The Kier molecular flexibility index (Phi) is 4.39. The summed E-state index contributed by atoms with van der Waals surface area (Å²) in [5.41, 5.74) is 3.10. The predicted molar refractivity (Wildman–Crippen MR) is 89.4 cm³/mol. The minimum Gasteiger partial charge on any atom is -0.376 e. The summed E-state index contributed by atoms with van der Waals surface area (Å²) in [4.78, 5) is 0. The molecule has 1 aromatic heterocycles. The second kappa shape index (κ2) is 5.68. The summed E-state index contributed by atoms with van der Waals surface area (Å²) < 4.78 is 26.8. The van der Waals surface area contributed by atoms with Gasteiger partial charge in [-0.1, -0.05) is 32.4 Å². The number of aliphatic hydroxyl groups is 1. The number of nitrogens with zero attached hydrogens (tertiary/aromatic N) is 1. The zero-order chi connectivity index (χ0) is 16.7. The number of hydrogen-bond acceptors (Lipinski definition) is 3. The molecule has 0 saturated heterocycles. The first kappa shape index (κ1) is 17.0. The molecule has 2 N–H and O–H groups in total. The molecule has 1 atom stereocenters. The smallest absolute Gasteiger partial charge is 0.210 e. The summed E-state index contributed by atoms with van der Waals surface area (Å²) in [6, 6.07) is 8.22. The van der Waals surface area contributed by atoms with Crippen molar-refractivity contribution in [3.8, 4) is 0 Å². The van der Waals surface area contributed by atoms with Crippen LogP contribution in [0.25, 0.3) is 10.9 Å². The first-order chi connectivity index (χ1) is 9.97. The summed E-state index contributed by atoms with van der Waals surface area (Å²) in [5.74, 6) is 0. The van der Waals surface area contributed by atoms with E-state index in [0.717, 1.165) is 22.9 Å². The van der Waals surface area contributed by atoms with Gasteiger partial charge in [-0.25, -0.2) is 8.42 Å². The molecule has 0 spiro atoms. The number of sulfonamides is 1. The Bertz CT molecular complexity index is 786. The van der Waals surface area contributed by atoms with Gasteiger partial charge in [-0.15, -0.1) is 0 Å². The van der Waals surface area contributed by atoms with Crippen molar-refractivity contribution >= 4 is 20.9 Å². The van der Waals surface area contributed by atoms with E-state index < -0.39 is 16.3 Å². The van der Waals surface area contributed by atoms with Gasteiger partial charge in [0.25, 0.3) is 0 Å². The van der Waals surface area contributed by atoms with E-state index in [1.807, 2.05) is 23.6 Å².